The Bertz CT molecular complexity index is 713. The maximum absolute atomic E-state index is 2.27. The zero-order chi connectivity index (χ0) is 15.9. The quantitative estimate of drug-likeness (QED) is 0.527. The van der Waals surface area contributed by atoms with Gasteiger partial charge in [0.05, 0.1) is 0 Å². The van der Waals surface area contributed by atoms with Gasteiger partial charge in [-0.2, -0.15) is 0 Å². The zero-order valence-corrected chi connectivity index (χ0v) is 13.8. The Hall–Kier alpha value is -2.34. The SMILES string of the molecule is Cc1ccccc1CC(CCc1ccccc1)c1ccccc1. The Morgan fingerprint density at radius 2 is 1.30 bits per heavy atom. The van der Waals surface area contributed by atoms with Crippen LogP contribution >= 0.6 is 0 Å². The van der Waals surface area contributed by atoms with Crippen LogP contribution in [0, 0.1) is 6.92 Å². The van der Waals surface area contributed by atoms with E-state index in [0.717, 1.165) is 12.8 Å². The highest BCUT2D eigenvalue weighted by atomic mass is 14.2. The monoisotopic (exact) mass is 300 g/mol. The second kappa shape index (κ2) is 7.78. The maximum atomic E-state index is 2.27. The van der Waals surface area contributed by atoms with E-state index in [4.69, 9.17) is 0 Å². The van der Waals surface area contributed by atoms with Gasteiger partial charge in [0.1, 0.15) is 0 Å². The molecular weight excluding hydrogens is 276 g/mol. The molecule has 0 saturated carbocycles. The van der Waals surface area contributed by atoms with Crippen molar-refractivity contribution in [1.82, 2.24) is 0 Å². The first-order valence-electron chi connectivity index (χ1n) is 8.46. The summed E-state index contributed by atoms with van der Waals surface area (Å²) in [4.78, 5) is 0. The van der Waals surface area contributed by atoms with Gasteiger partial charge in [0.15, 0.2) is 0 Å². The Morgan fingerprint density at radius 3 is 2.00 bits per heavy atom. The fraction of sp³-hybridized carbons (Fsp3) is 0.217. The van der Waals surface area contributed by atoms with Crippen molar-refractivity contribution in [3.05, 3.63) is 107 Å². The van der Waals surface area contributed by atoms with Crippen LogP contribution in [0.3, 0.4) is 0 Å². The van der Waals surface area contributed by atoms with Gasteiger partial charge in [-0.15, -0.1) is 0 Å². The molecule has 0 heterocycles. The fourth-order valence-electron chi connectivity index (χ4n) is 3.20. The highest BCUT2D eigenvalue weighted by molar-refractivity contribution is 5.30. The minimum absolute atomic E-state index is 0.567. The Labute approximate surface area is 139 Å². The van der Waals surface area contributed by atoms with Crippen LogP contribution in [-0.2, 0) is 12.8 Å². The summed E-state index contributed by atoms with van der Waals surface area (Å²) in [5.74, 6) is 0.567. The molecule has 1 unspecified atom stereocenters. The molecule has 0 radical (unpaired) electrons. The lowest BCUT2D eigenvalue weighted by molar-refractivity contribution is 0.619. The molecule has 0 heteroatoms. The van der Waals surface area contributed by atoms with Crippen molar-refractivity contribution < 1.29 is 0 Å². The summed E-state index contributed by atoms with van der Waals surface area (Å²) in [6.45, 7) is 2.22. The Morgan fingerprint density at radius 1 is 0.696 bits per heavy atom. The van der Waals surface area contributed by atoms with Crippen molar-refractivity contribution in [1.29, 1.82) is 0 Å². The molecule has 0 saturated heterocycles. The van der Waals surface area contributed by atoms with Crippen LogP contribution in [0.2, 0.25) is 0 Å². The molecule has 0 aromatic heterocycles. The largest absolute Gasteiger partial charge is 0.0622 e. The molecule has 0 nitrogen and oxygen atoms in total. The number of rotatable bonds is 6. The number of hydrogen-bond acceptors (Lipinski definition) is 0. The lowest BCUT2D eigenvalue weighted by atomic mass is 9.86. The van der Waals surface area contributed by atoms with Crippen molar-refractivity contribution in [3.8, 4) is 0 Å². The van der Waals surface area contributed by atoms with E-state index in [-0.39, 0.29) is 0 Å². The van der Waals surface area contributed by atoms with E-state index in [2.05, 4.69) is 91.9 Å². The average molecular weight is 300 g/mol. The molecule has 0 amide bonds. The average Bonchev–Trinajstić information content (AvgIpc) is 2.62. The topological polar surface area (TPSA) is 0 Å². The Balaban J connectivity index is 1.78. The van der Waals surface area contributed by atoms with E-state index in [1.165, 1.54) is 28.7 Å². The lowest BCUT2D eigenvalue weighted by Gasteiger charge is -2.19. The molecule has 0 N–H and O–H groups in total. The molecular formula is C23H24. The first-order chi connectivity index (χ1) is 11.3. The van der Waals surface area contributed by atoms with Gasteiger partial charge in [0, 0.05) is 0 Å². The zero-order valence-electron chi connectivity index (χ0n) is 13.8. The molecule has 1 atom stereocenters. The first kappa shape index (κ1) is 15.6. The van der Waals surface area contributed by atoms with E-state index in [1.54, 1.807) is 0 Å². The van der Waals surface area contributed by atoms with E-state index in [9.17, 15) is 0 Å². The van der Waals surface area contributed by atoms with E-state index in [0.29, 0.717) is 5.92 Å². The molecule has 0 aliphatic rings. The molecule has 3 aromatic carbocycles. The highest BCUT2D eigenvalue weighted by Crippen LogP contribution is 2.27. The number of aryl methyl sites for hydroxylation is 2. The van der Waals surface area contributed by atoms with E-state index < -0.39 is 0 Å². The van der Waals surface area contributed by atoms with Crippen LogP contribution < -0.4 is 0 Å². The van der Waals surface area contributed by atoms with Gasteiger partial charge < -0.3 is 0 Å². The summed E-state index contributed by atoms with van der Waals surface area (Å²) >= 11 is 0. The Kier molecular flexibility index (Phi) is 5.26. The minimum atomic E-state index is 0.567. The maximum Gasteiger partial charge on any atom is -0.0118 e. The summed E-state index contributed by atoms with van der Waals surface area (Å²) in [5.41, 5.74) is 5.74. The molecule has 116 valence electrons. The van der Waals surface area contributed by atoms with Crippen molar-refractivity contribution in [3.63, 3.8) is 0 Å². The lowest BCUT2D eigenvalue weighted by Crippen LogP contribution is -2.06. The second-order valence-corrected chi connectivity index (χ2v) is 6.26. The van der Waals surface area contributed by atoms with Crippen LogP contribution in [0.5, 0.6) is 0 Å². The van der Waals surface area contributed by atoms with Crippen molar-refractivity contribution in [2.75, 3.05) is 0 Å². The van der Waals surface area contributed by atoms with E-state index >= 15 is 0 Å². The number of benzene rings is 3. The van der Waals surface area contributed by atoms with Crippen LogP contribution in [0.15, 0.2) is 84.9 Å². The summed E-state index contributed by atoms with van der Waals surface area (Å²) in [7, 11) is 0. The standard InChI is InChI=1S/C23H24/c1-19-10-8-9-15-22(19)18-23(21-13-6-3-7-14-21)17-16-20-11-4-2-5-12-20/h2-15,23H,16-18H2,1H3. The minimum Gasteiger partial charge on any atom is -0.0622 e. The van der Waals surface area contributed by atoms with Crippen LogP contribution in [-0.4, -0.2) is 0 Å². The number of hydrogen-bond donors (Lipinski definition) is 0. The summed E-state index contributed by atoms with van der Waals surface area (Å²) < 4.78 is 0. The third-order valence-electron chi connectivity index (χ3n) is 4.62. The van der Waals surface area contributed by atoms with Gasteiger partial charge >= 0.3 is 0 Å². The third kappa shape index (κ3) is 4.32. The van der Waals surface area contributed by atoms with Crippen molar-refractivity contribution >= 4 is 0 Å². The first-order valence-corrected chi connectivity index (χ1v) is 8.46. The summed E-state index contributed by atoms with van der Waals surface area (Å²) in [6.07, 6.45) is 3.43. The molecule has 3 rings (SSSR count). The van der Waals surface area contributed by atoms with Crippen molar-refractivity contribution in [2.24, 2.45) is 0 Å². The second-order valence-electron chi connectivity index (χ2n) is 6.26. The predicted molar refractivity (Wildman–Crippen MR) is 98.8 cm³/mol. The van der Waals surface area contributed by atoms with Gasteiger partial charge in [-0.25, -0.2) is 0 Å². The van der Waals surface area contributed by atoms with Crippen LogP contribution in [0.4, 0.5) is 0 Å². The molecule has 3 aromatic rings. The van der Waals surface area contributed by atoms with Gasteiger partial charge in [-0.1, -0.05) is 84.9 Å². The molecule has 0 spiro atoms. The fourth-order valence-corrected chi connectivity index (χ4v) is 3.20. The van der Waals surface area contributed by atoms with Crippen LogP contribution in [0.25, 0.3) is 0 Å². The molecule has 0 aliphatic carbocycles. The predicted octanol–water partition coefficient (Wildman–Crippen LogP) is 5.95. The van der Waals surface area contributed by atoms with Gasteiger partial charge in [0.2, 0.25) is 0 Å². The van der Waals surface area contributed by atoms with Gasteiger partial charge in [-0.05, 0) is 54.4 Å². The van der Waals surface area contributed by atoms with Crippen molar-refractivity contribution in [2.45, 2.75) is 32.1 Å². The smallest absolute Gasteiger partial charge is 0.0118 e. The molecule has 0 aliphatic heterocycles. The molecule has 0 bridgehead atoms. The normalized spacial score (nSPS) is 12.0. The molecule has 0 fully saturated rings. The molecule has 23 heavy (non-hydrogen) atoms. The van der Waals surface area contributed by atoms with Crippen LogP contribution in [0.1, 0.15) is 34.6 Å². The highest BCUT2D eigenvalue weighted by Gasteiger charge is 2.13. The summed E-state index contributed by atoms with van der Waals surface area (Å²) in [5, 5.41) is 0. The van der Waals surface area contributed by atoms with E-state index in [1.807, 2.05) is 0 Å². The third-order valence-corrected chi connectivity index (χ3v) is 4.62. The van der Waals surface area contributed by atoms with Gasteiger partial charge in [0.25, 0.3) is 0 Å². The van der Waals surface area contributed by atoms with Gasteiger partial charge in [-0.3, -0.25) is 0 Å². The summed E-state index contributed by atoms with van der Waals surface area (Å²) in [6, 6.07) is 30.5.